The molecule has 0 saturated heterocycles. The van der Waals surface area contributed by atoms with E-state index < -0.39 is 12.0 Å². The topological polar surface area (TPSA) is 114 Å². The molecule has 0 spiro atoms. The third-order valence-electron chi connectivity index (χ3n) is 5.48. The molecule has 3 aromatic rings. The molecule has 0 bridgehead atoms. The van der Waals surface area contributed by atoms with Gasteiger partial charge in [-0.25, -0.2) is 10.2 Å². The summed E-state index contributed by atoms with van der Waals surface area (Å²) in [5, 5.41) is 11.9. The van der Waals surface area contributed by atoms with Gasteiger partial charge in [0.05, 0.1) is 0 Å². The molecule has 1 fully saturated rings. The van der Waals surface area contributed by atoms with E-state index in [1.807, 2.05) is 48.7 Å². The highest BCUT2D eigenvalue weighted by atomic mass is 32.2. The normalized spacial score (nSPS) is 18.0. The Morgan fingerprint density at radius 3 is 2.70 bits per heavy atom. The molecule has 10 heteroatoms. The molecule has 8 nitrogen and oxygen atoms in total. The lowest BCUT2D eigenvalue weighted by atomic mass is 10.1. The van der Waals surface area contributed by atoms with Crippen molar-refractivity contribution >= 4 is 40.3 Å². The molecule has 4 rings (SSSR count). The van der Waals surface area contributed by atoms with E-state index in [-0.39, 0.29) is 17.9 Å². The number of rotatable bonds is 12. The van der Waals surface area contributed by atoms with Crippen LogP contribution in [0.2, 0.25) is 0 Å². The van der Waals surface area contributed by atoms with Crippen LogP contribution >= 0.6 is 23.3 Å². The maximum atomic E-state index is 12.0. The number of thioether (sulfide) groups is 1. The van der Waals surface area contributed by atoms with Crippen LogP contribution in [0.15, 0.2) is 54.6 Å². The van der Waals surface area contributed by atoms with Gasteiger partial charge in [0.15, 0.2) is 0 Å². The average molecular weight is 486 g/mol. The van der Waals surface area contributed by atoms with Crippen molar-refractivity contribution in [1.29, 1.82) is 0 Å². The van der Waals surface area contributed by atoms with Crippen LogP contribution in [0.4, 0.5) is 11.1 Å². The van der Waals surface area contributed by atoms with E-state index in [1.54, 1.807) is 16.8 Å². The number of benzene rings is 2. The first-order chi connectivity index (χ1) is 16.0. The number of carbonyl (C=O) groups is 1. The molecule has 3 atom stereocenters. The first-order valence-corrected chi connectivity index (χ1v) is 12.8. The number of carboxylic acids is 1. The van der Waals surface area contributed by atoms with Crippen LogP contribution in [-0.4, -0.2) is 44.5 Å². The summed E-state index contributed by atoms with van der Waals surface area (Å²) < 4.78 is 9.91. The number of hydrogen-bond donors (Lipinski definition) is 3. The second-order valence-electron chi connectivity index (χ2n) is 7.86. The standard InChI is InChI=1S/C23H27N5O3S2/c1-32-12-11-20(21(29)30)28(23-25-22(24)27-33-23)26-19-13-18(19)16-7-9-17(10-8-16)31-14-15-5-3-2-4-6-15/h2-10,18-20,26H,11-14H2,1H3,(H2,24,27)(H,29,30)/t18-,19+,20-/m0/s1. The van der Waals surface area contributed by atoms with Gasteiger partial charge in [-0.05, 0) is 48.1 Å². The van der Waals surface area contributed by atoms with Crippen LogP contribution < -0.4 is 20.9 Å². The Kier molecular flexibility index (Phi) is 7.69. The van der Waals surface area contributed by atoms with Gasteiger partial charge in [0.1, 0.15) is 18.4 Å². The zero-order valence-corrected chi connectivity index (χ0v) is 19.9. The predicted octanol–water partition coefficient (Wildman–Crippen LogP) is 3.77. The summed E-state index contributed by atoms with van der Waals surface area (Å²) in [5.41, 5.74) is 11.4. The van der Waals surface area contributed by atoms with E-state index in [1.165, 1.54) is 5.56 Å². The maximum absolute atomic E-state index is 12.0. The molecule has 33 heavy (non-hydrogen) atoms. The van der Waals surface area contributed by atoms with Crippen LogP contribution in [0.5, 0.6) is 5.75 Å². The van der Waals surface area contributed by atoms with Gasteiger partial charge in [-0.3, -0.25) is 5.01 Å². The second kappa shape index (κ2) is 10.9. The van der Waals surface area contributed by atoms with Gasteiger partial charge >= 0.3 is 5.97 Å². The average Bonchev–Trinajstić information content (AvgIpc) is 3.47. The van der Waals surface area contributed by atoms with Crippen LogP contribution in [0, 0.1) is 0 Å². The third-order valence-corrected chi connectivity index (χ3v) is 6.85. The van der Waals surface area contributed by atoms with E-state index in [0.717, 1.165) is 35.0 Å². The van der Waals surface area contributed by atoms with Crippen LogP contribution in [0.1, 0.15) is 29.9 Å². The van der Waals surface area contributed by atoms with E-state index in [0.29, 0.717) is 18.2 Å². The van der Waals surface area contributed by atoms with Gasteiger partial charge in [0.2, 0.25) is 11.1 Å². The lowest BCUT2D eigenvalue weighted by molar-refractivity contribution is -0.138. The Bertz CT molecular complexity index is 1050. The highest BCUT2D eigenvalue weighted by Gasteiger charge is 2.42. The highest BCUT2D eigenvalue weighted by Crippen LogP contribution is 2.42. The van der Waals surface area contributed by atoms with Crippen LogP contribution in [-0.2, 0) is 11.4 Å². The Hall–Kier alpha value is -2.82. The first kappa shape index (κ1) is 23.3. The Morgan fingerprint density at radius 2 is 2.06 bits per heavy atom. The summed E-state index contributed by atoms with van der Waals surface area (Å²) in [6.45, 7) is 0.528. The summed E-state index contributed by atoms with van der Waals surface area (Å²) in [7, 11) is 0. The summed E-state index contributed by atoms with van der Waals surface area (Å²) >= 11 is 2.71. The van der Waals surface area contributed by atoms with Crippen molar-refractivity contribution in [3.63, 3.8) is 0 Å². The molecular weight excluding hydrogens is 458 g/mol. The minimum Gasteiger partial charge on any atom is -0.489 e. The number of nitrogens with zero attached hydrogens (tertiary/aromatic N) is 3. The van der Waals surface area contributed by atoms with Crippen molar-refractivity contribution in [2.45, 2.75) is 37.5 Å². The second-order valence-corrected chi connectivity index (χ2v) is 9.58. The minimum atomic E-state index is -0.901. The fraction of sp³-hybridized carbons (Fsp3) is 0.348. The molecule has 1 aliphatic carbocycles. The lowest BCUT2D eigenvalue weighted by Crippen LogP contribution is -2.51. The number of carboxylic acid groups (broad SMARTS) is 1. The summed E-state index contributed by atoms with van der Waals surface area (Å²) in [6, 6.07) is 17.5. The number of hydrazine groups is 1. The van der Waals surface area contributed by atoms with Gasteiger partial charge in [0.25, 0.3) is 0 Å². The molecule has 0 unspecified atom stereocenters. The molecule has 174 valence electrons. The van der Waals surface area contributed by atoms with Gasteiger partial charge in [-0.2, -0.15) is 21.1 Å². The van der Waals surface area contributed by atoms with Crippen LogP contribution in [0.3, 0.4) is 0 Å². The SMILES string of the molecule is CSCC[C@@H](C(=O)O)N(N[C@@H]1C[C@H]1c1ccc(OCc2ccccc2)cc1)c1nc(N)ns1. The van der Waals surface area contributed by atoms with Gasteiger partial charge in [-0.1, -0.05) is 42.5 Å². The Balaban J connectivity index is 1.39. The van der Waals surface area contributed by atoms with Crippen molar-refractivity contribution in [3.05, 3.63) is 65.7 Å². The van der Waals surface area contributed by atoms with Crippen molar-refractivity contribution in [2.75, 3.05) is 22.8 Å². The van der Waals surface area contributed by atoms with Crippen LogP contribution in [0.25, 0.3) is 0 Å². The molecule has 0 radical (unpaired) electrons. The summed E-state index contributed by atoms with van der Waals surface area (Å²) in [5.74, 6) is 1.08. The number of nitrogens with two attached hydrogens (primary N) is 1. The number of aromatic nitrogens is 2. The molecule has 1 aromatic heterocycles. The van der Waals surface area contributed by atoms with Gasteiger partial charge in [0, 0.05) is 23.5 Å². The number of anilines is 2. The zero-order valence-electron chi connectivity index (χ0n) is 18.3. The van der Waals surface area contributed by atoms with Crippen molar-refractivity contribution in [2.24, 2.45) is 0 Å². The fourth-order valence-corrected chi connectivity index (χ4v) is 4.71. The third kappa shape index (κ3) is 6.16. The molecule has 1 heterocycles. The first-order valence-electron chi connectivity index (χ1n) is 10.7. The smallest absolute Gasteiger partial charge is 0.328 e. The molecule has 2 aromatic carbocycles. The zero-order chi connectivity index (χ0) is 23.2. The van der Waals surface area contributed by atoms with Crippen molar-refractivity contribution in [1.82, 2.24) is 14.8 Å². The molecule has 1 aliphatic rings. The van der Waals surface area contributed by atoms with E-state index >= 15 is 0 Å². The molecular formula is C23H27N5O3S2. The maximum Gasteiger partial charge on any atom is 0.328 e. The number of nitrogens with one attached hydrogen (secondary N) is 1. The summed E-state index contributed by atoms with van der Waals surface area (Å²) in [4.78, 5) is 16.2. The van der Waals surface area contributed by atoms with Gasteiger partial charge in [-0.15, -0.1) is 0 Å². The summed E-state index contributed by atoms with van der Waals surface area (Å²) in [6.07, 6.45) is 3.35. The highest BCUT2D eigenvalue weighted by molar-refractivity contribution is 7.98. The monoisotopic (exact) mass is 485 g/mol. The minimum absolute atomic E-state index is 0.113. The lowest BCUT2D eigenvalue weighted by Gasteiger charge is -2.29. The van der Waals surface area contributed by atoms with Crippen molar-refractivity contribution < 1.29 is 14.6 Å². The van der Waals surface area contributed by atoms with Gasteiger partial charge < -0.3 is 15.6 Å². The van der Waals surface area contributed by atoms with E-state index in [4.69, 9.17) is 10.5 Å². The molecule has 4 N–H and O–H groups in total. The fourth-order valence-electron chi connectivity index (χ4n) is 3.63. The molecule has 1 saturated carbocycles. The number of aliphatic carboxylic acids is 1. The molecule has 0 aliphatic heterocycles. The van der Waals surface area contributed by atoms with E-state index in [9.17, 15) is 9.90 Å². The Labute approximate surface area is 201 Å². The Morgan fingerprint density at radius 1 is 1.30 bits per heavy atom. The van der Waals surface area contributed by atoms with Crippen molar-refractivity contribution in [3.8, 4) is 5.75 Å². The number of hydrogen-bond acceptors (Lipinski definition) is 9. The largest absolute Gasteiger partial charge is 0.489 e. The number of ether oxygens (including phenoxy) is 1. The van der Waals surface area contributed by atoms with E-state index in [2.05, 4.69) is 26.9 Å². The molecule has 0 amide bonds. The number of nitrogen functional groups attached to an aromatic ring is 1. The predicted molar refractivity (Wildman–Crippen MR) is 133 cm³/mol. The quantitative estimate of drug-likeness (QED) is 0.330.